The van der Waals surface area contributed by atoms with Crippen molar-refractivity contribution in [2.75, 3.05) is 0 Å². The fourth-order valence-corrected chi connectivity index (χ4v) is 2.90. The lowest BCUT2D eigenvalue weighted by atomic mass is 9.87. The molecule has 20 heavy (non-hydrogen) atoms. The number of benzene rings is 1. The van der Waals surface area contributed by atoms with Gasteiger partial charge in [0, 0.05) is 5.56 Å². The van der Waals surface area contributed by atoms with Crippen molar-refractivity contribution in [1.29, 1.82) is 0 Å². The largest absolute Gasteiger partial charge is 0.416 e. The number of hydrogen-bond donors (Lipinski definition) is 1. The summed E-state index contributed by atoms with van der Waals surface area (Å²) >= 11 is 0. The normalized spacial score (nSPS) is 17.8. The number of primary amides is 1. The molecule has 0 atom stereocenters. The van der Waals surface area contributed by atoms with Crippen molar-refractivity contribution >= 4 is 5.91 Å². The number of carbonyl (C=O) groups excluding carboxylic acids is 1. The van der Waals surface area contributed by atoms with Gasteiger partial charge in [-0.15, -0.1) is 0 Å². The van der Waals surface area contributed by atoms with E-state index in [2.05, 4.69) is 0 Å². The zero-order chi connectivity index (χ0) is 14.8. The Kier molecular flexibility index (Phi) is 4.35. The summed E-state index contributed by atoms with van der Waals surface area (Å²) in [6, 6.07) is 3.72. The van der Waals surface area contributed by atoms with E-state index in [0.29, 0.717) is 5.56 Å². The molecular formula is C15H18F3NO. The third kappa shape index (κ3) is 3.32. The molecule has 1 aliphatic carbocycles. The summed E-state index contributed by atoms with van der Waals surface area (Å²) in [7, 11) is 0. The first kappa shape index (κ1) is 14.9. The van der Waals surface area contributed by atoms with Crippen LogP contribution in [-0.2, 0) is 6.18 Å². The van der Waals surface area contributed by atoms with E-state index < -0.39 is 17.6 Å². The number of rotatable bonds is 2. The number of hydrogen-bond acceptors (Lipinski definition) is 1. The molecule has 0 spiro atoms. The highest BCUT2D eigenvalue weighted by molar-refractivity contribution is 5.93. The standard InChI is InChI=1S/C15H18F3NO/c16-15(17,18)13-9-11(14(19)20)7-8-12(13)10-5-3-1-2-4-6-10/h7-10H,1-6H2,(H2,19,20). The van der Waals surface area contributed by atoms with Crippen LogP contribution in [0.15, 0.2) is 18.2 Å². The number of carbonyl (C=O) groups is 1. The minimum atomic E-state index is -4.45. The maximum atomic E-state index is 13.2. The summed E-state index contributed by atoms with van der Waals surface area (Å²) in [6.07, 6.45) is 1.18. The molecule has 5 heteroatoms. The highest BCUT2D eigenvalue weighted by Gasteiger charge is 2.35. The van der Waals surface area contributed by atoms with E-state index in [9.17, 15) is 18.0 Å². The Balaban J connectivity index is 2.43. The average Bonchev–Trinajstić information content (AvgIpc) is 2.65. The molecule has 0 aromatic heterocycles. The van der Waals surface area contributed by atoms with E-state index in [1.54, 1.807) is 0 Å². The summed E-state index contributed by atoms with van der Waals surface area (Å²) in [5, 5.41) is 0. The van der Waals surface area contributed by atoms with Crippen LogP contribution >= 0.6 is 0 Å². The van der Waals surface area contributed by atoms with E-state index in [1.807, 2.05) is 0 Å². The van der Waals surface area contributed by atoms with Crippen LogP contribution in [0.2, 0.25) is 0 Å². The molecule has 1 aliphatic rings. The van der Waals surface area contributed by atoms with Crippen molar-refractivity contribution in [3.63, 3.8) is 0 Å². The molecule has 1 saturated carbocycles. The van der Waals surface area contributed by atoms with Gasteiger partial charge in [-0.3, -0.25) is 4.79 Å². The quantitative estimate of drug-likeness (QED) is 0.811. The molecule has 2 nitrogen and oxygen atoms in total. The first-order valence-corrected chi connectivity index (χ1v) is 6.90. The number of amides is 1. The first-order chi connectivity index (χ1) is 9.39. The molecule has 1 amide bonds. The lowest BCUT2D eigenvalue weighted by molar-refractivity contribution is -0.138. The molecule has 0 saturated heterocycles. The van der Waals surface area contributed by atoms with Crippen LogP contribution in [0.5, 0.6) is 0 Å². The molecule has 0 unspecified atom stereocenters. The molecular weight excluding hydrogens is 267 g/mol. The van der Waals surface area contributed by atoms with Crippen LogP contribution in [-0.4, -0.2) is 5.91 Å². The van der Waals surface area contributed by atoms with E-state index in [-0.39, 0.29) is 11.5 Å². The van der Waals surface area contributed by atoms with Gasteiger partial charge in [0.2, 0.25) is 5.91 Å². The van der Waals surface area contributed by atoms with Gasteiger partial charge in [0.25, 0.3) is 0 Å². The van der Waals surface area contributed by atoms with E-state index in [0.717, 1.165) is 44.6 Å². The van der Waals surface area contributed by atoms with Crippen molar-refractivity contribution < 1.29 is 18.0 Å². The minimum Gasteiger partial charge on any atom is -0.366 e. The van der Waals surface area contributed by atoms with Crippen LogP contribution in [0, 0.1) is 0 Å². The van der Waals surface area contributed by atoms with Gasteiger partial charge in [0.15, 0.2) is 0 Å². The topological polar surface area (TPSA) is 43.1 Å². The number of alkyl halides is 3. The highest BCUT2D eigenvalue weighted by atomic mass is 19.4. The summed E-state index contributed by atoms with van der Waals surface area (Å²) in [6.45, 7) is 0. The Morgan fingerprint density at radius 3 is 2.20 bits per heavy atom. The fourth-order valence-electron chi connectivity index (χ4n) is 2.90. The predicted octanol–water partition coefficient (Wildman–Crippen LogP) is 4.24. The first-order valence-electron chi connectivity index (χ1n) is 6.90. The fraction of sp³-hybridized carbons (Fsp3) is 0.533. The maximum absolute atomic E-state index is 13.2. The maximum Gasteiger partial charge on any atom is 0.416 e. The van der Waals surface area contributed by atoms with Gasteiger partial charge >= 0.3 is 6.18 Å². The lowest BCUT2D eigenvalue weighted by Gasteiger charge is -2.21. The van der Waals surface area contributed by atoms with Gasteiger partial charge in [0.1, 0.15) is 0 Å². The van der Waals surface area contributed by atoms with Gasteiger partial charge in [-0.2, -0.15) is 13.2 Å². The Hall–Kier alpha value is -1.52. The smallest absolute Gasteiger partial charge is 0.366 e. The molecule has 1 aromatic carbocycles. The zero-order valence-corrected chi connectivity index (χ0v) is 11.2. The third-order valence-electron chi connectivity index (χ3n) is 3.94. The van der Waals surface area contributed by atoms with Gasteiger partial charge in [0.05, 0.1) is 5.56 Å². The monoisotopic (exact) mass is 285 g/mol. The third-order valence-corrected chi connectivity index (χ3v) is 3.94. The van der Waals surface area contributed by atoms with Crippen LogP contribution in [0.25, 0.3) is 0 Å². The average molecular weight is 285 g/mol. The van der Waals surface area contributed by atoms with Crippen molar-refractivity contribution in [1.82, 2.24) is 0 Å². The number of nitrogens with two attached hydrogens (primary N) is 1. The molecule has 1 aromatic rings. The Labute approximate surface area is 116 Å². The summed E-state index contributed by atoms with van der Waals surface area (Å²) in [4.78, 5) is 11.1. The summed E-state index contributed by atoms with van der Waals surface area (Å²) < 4.78 is 39.6. The van der Waals surface area contributed by atoms with E-state index in [1.165, 1.54) is 12.1 Å². The Bertz CT molecular complexity index is 488. The van der Waals surface area contributed by atoms with Crippen molar-refractivity contribution in [2.24, 2.45) is 5.73 Å². The van der Waals surface area contributed by atoms with Crippen LogP contribution < -0.4 is 5.73 Å². The second kappa shape index (κ2) is 5.85. The van der Waals surface area contributed by atoms with Crippen molar-refractivity contribution in [3.8, 4) is 0 Å². The molecule has 2 N–H and O–H groups in total. The van der Waals surface area contributed by atoms with E-state index >= 15 is 0 Å². The lowest BCUT2D eigenvalue weighted by Crippen LogP contribution is -2.16. The molecule has 0 aliphatic heterocycles. The van der Waals surface area contributed by atoms with Gasteiger partial charge in [-0.1, -0.05) is 31.7 Å². The van der Waals surface area contributed by atoms with E-state index in [4.69, 9.17) is 5.73 Å². The van der Waals surface area contributed by atoms with Gasteiger partial charge < -0.3 is 5.73 Å². The molecule has 110 valence electrons. The summed E-state index contributed by atoms with van der Waals surface area (Å²) in [5.74, 6) is -0.904. The summed E-state index contributed by atoms with van der Waals surface area (Å²) in [5.41, 5.74) is 4.59. The molecule has 0 bridgehead atoms. The zero-order valence-electron chi connectivity index (χ0n) is 11.2. The number of halogens is 3. The Morgan fingerprint density at radius 1 is 1.10 bits per heavy atom. The van der Waals surface area contributed by atoms with Crippen LogP contribution in [0.4, 0.5) is 13.2 Å². The predicted molar refractivity (Wildman–Crippen MR) is 70.4 cm³/mol. The van der Waals surface area contributed by atoms with Crippen molar-refractivity contribution in [2.45, 2.75) is 50.6 Å². The molecule has 1 fully saturated rings. The van der Waals surface area contributed by atoms with Crippen molar-refractivity contribution in [3.05, 3.63) is 34.9 Å². The SMILES string of the molecule is NC(=O)c1ccc(C2CCCCCC2)c(C(F)(F)F)c1. The van der Waals surface area contributed by atoms with Gasteiger partial charge in [-0.05, 0) is 36.5 Å². The molecule has 2 rings (SSSR count). The molecule has 0 heterocycles. The van der Waals surface area contributed by atoms with Crippen LogP contribution in [0.1, 0.15) is 65.9 Å². The second-order valence-corrected chi connectivity index (χ2v) is 5.35. The molecule has 0 radical (unpaired) electrons. The minimum absolute atomic E-state index is 0.0731. The highest BCUT2D eigenvalue weighted by Crippen LogP contribution is 2.40. The Morgan fingerprint density at radius 2 is 1.70 bits per heavy atom. The second-order valence-electron chi connectivity index (χ2n) is 5.35. The van der Waals surface area contributed by atoms with Gasteiger partial charge in [-0.25, -0.2) is 0 Å². The van der Waals surface area contributed by atoms with Crippen LogP contribution in [0.3, 0.4) is 0 Å².